The van der Waals surface area contributed by atoms with Gasteiger partial charge in [-0.05, 0) is 43.9 Å². The number of hydrogen-bond donors (Lipinski definition) is 1. The summed E-state index contributed by atoms with van der Waals surface area (Å²) in [5, 5.41) is 0.633. The molecule has 1 aromatic rings. The highest BCUT2D eigenvalue weighted by Gasteiger charge is 2.39. The molecule has 1 unspecified atom stereocenters. The molecule has 3 rings (SSSR count). The second-order valence-electron chi connectivity index (χ2n) is 5.45. The summed E-state index contributed by atoms with van der Waals surface area (Å²) in [4.78, 5) is 1.27. The third kappa shape index (κ3) is 3.25. The molecule has 0 bridgehead atoms. The van der Waals surface area contributed by atoms with Gasteiger partial charge in [-0.3, -0.25) is 0 Å². The van der Waals surface area contributed by atoms with Gasteiger partial charge in [0.25, 0.3) is 0 Å². The first kappa shape index (κ1) is 13.3. The normalized spacial score (nSPS) is 26.4. The second kappa shape index (κ2) is 5.73. The van der Waals surface area contributed by atoms with Crippen LogP contribution in [-0.4, -0.2) is 30.7 Å². The lowest BCUT2D eigenvalue weighted by atomic mass is 9.86. The van der Waals surface area contributed by atoms with E-state index in [4.69, 9.17) is 15.2 Å². The van der Waals surface area contributed by atoms with Gasteiger partial charge >= 0.3 is 0 Å². The molecular formula is C15H21NO2S. The minimum atomic E-state index is 0.0779. The van der Waals surface area contributed by atoms with Crippen LogP contribution in [0.5, 0.6) is 0 Å². The number of anilines is 1. The van der Waals surface area contributed by atoms with Gasteiger partial charge < -0.3 is 15.2 Å². The van der Waals surface area contributed by atoms with E-state index in [1.807, 2.05) is 23.9 Å². The highest BCUT2D eigenvalue weighted by molar-refractivity contribution is 8.00. The number of thioether (sulfide) groups is 1. The largest absolute Gasteiger partial charge is 0.399 e. The third-order valence-corrected chi connectivity index (χ3v) is 5.27. The topological polar surface area (TPSA) is 44.5 Å². The highest BCUT2D eigenvalue weighted by Crippen LogP contribution is 2.40. The maximum absolute atomic E-state index is 6.08. The van der Waals surface area contributed by atoms with E-state index in [0.717, 1.165) is 51.2 Å². The van der Waals surface area contributed by atoms with Crippen molar-refractivity contribution in [3.63, 3.8) is 0 Å². The number of benzene rings is 1. The van der Waals surface area contributed by atoms with Crippen molar-refractivity contribution in [1.82, 2.24) is 0 Å². The second-order valence-corrected chi connectivity index (χ2v) is 6.82. The molecule has 2 aliphatic heterocycles. The van der Waals surface area contributed by atoms with Gasteiger partial charge in [0.1, 0.15) is 0 Å². The molecule has 2 heterocycles. The monoisotopic (exact) mass is 279 g/mol. The van der Waals surface area contributed by atoms with E-state index in [9.17, 15) is 0 Å². The lowest BCUT2D eigenvalue weighted by Crippen LogP contribution is -2.45. The summed E-state index contributed by atoms with van der Waals surface area (Å²) in [5.74, 6) is 0. The van der Waals surface area contributed by atoms with Crippen molar-refractivity contribution in [3.05, 3.63) is 24.3 Å². The lowest BCUT2D eigenvalue weighted by Gasteiger charge is -2.43. The van der Waals surface area contributed by atoms with Gasteiger partial charge in [-0.2, -0.15) is 0 Å². The first-order valence-electron chi connectivity index (χ1n) is 7.00. The molecule has 2 saturated heterocycles. The van der Waals surface area contributed by atoms with Crippen LogP contribution in [0.25, 0.3) is 0 Å². The van der Waals surface area contributed by atoms with Crippen LogP contribution in [0.4, 0.5) is 5.69 Å². The van der Waals surface area contributed by atoms with Crippen molar-refractivity contribution in [1.29, 1.82) is 0 Å². The summed E-state index contributed by atoms with van der Waals surface area (Å²) in [6, 6.07) is 8.18. The Bertz CT molecular complexity index is 426. The molecule has 0 saturated carbocycles. The molecule has 0 aliphatic carbocycles. The SMILES string of the molecule is Nc1cccc(SC2CCOC3(CCOCC3)C2)c1. The fourth-order valence-corrected chi connectivity index (χ4v) is 4.30. The molecule has 1 aromatic carbocycles. The van der Waals surface area contributed by atoms with Gasteiger partial charge in [0.2, 0.25) is 0 Å². The molecule has 2 fully saturated rings. The van der Waals surface area contributed by atoms with Crippen LogP contribution >= 0.6 is 11.8 Å². The van der Waals surface area contributed by atoms with Crippen molar-refractivity contribution in [2.24, 2.45) is 0 Å². The molecule has 0 radical (unpaired) electrons. The van der Waals surface area contributed by atoms with Crippen LogP contribution in [0.2, 0.25) is 0 Å². The van der Waals surface area contributed by atoms with Crippen LogP contribution in [0.1, 0.15) is 25.7 Å². The Morgan fingerprint density at radius 1 is 1.21 bits per heavy atom. The number of ether oxygens (including phenoxy) is 2. The Morgan fingerprint density at radius 2 is 2.05 bits per heavy atom. The molecule has 3 nitrogen and oxygen atoms in total. The minimum absolute atomic E-state index is 0.0779. The summed E-state index contributed by atoms with van der Waals surface area (Å²) < 4.78 is 11.5. The Hall–Kier alpha value is -0.710. The molecular weight excluding hydrogens is 258 g/mol. The Morgan fingerprint density at radius 3 is 2.84 bits per heavy atom. The molecule has 104 valence electrons. The van der Waals surface area contributed by atoms with E-state index in [1.54, 1.807) is 0 Å². The van der Waals surface area contributed by atoms with Crippen molar-refractivity contribution < 1.29 is 9.47 Å². The Kier molecular flexibility index (Phi) is 4.01. The summed E-state index contributed by atoms with van der Waals surface area (Å²) in [5.41, 5.74) is 6.77. The average Bonchev–Trinajstić information content (AvgIpc) is 2.40. The Balaban J connectivity index is 1.65. The van der Waals surface area contributed by atoms with Gasteiger partial charge in [0.15, 0.2) is 0 Å². The van der Waals surface area contributed by atoms with Crippen molar-refractivity contribution in [2.45, 2.75) is 41.4 Å². The minimum Gasteiger partial charge on any atom is -0.399 e. The smallest absolute Gasteiger partial charge is 0.0737 e. The van der Waals surface area contributed by atoms with Crippen molar-refractivity contribution in [3.8, 4) is 0 Å². The third-order valence-electron chi connectivity index (χ3n) is 4.01. The average molecular weight is 279 g/mol. The van der Waals surface area contributed by atoms with Gasteiger partial charge in [-0.15, -0.1) is 11.8 Å². The summed E-state index contributed by atoms with van der Waals surface area (Å²) in [6.07, 6.45) is 4.35. The number of hydrogen-bond acceptors (Lipinski definition) is 4. The highest BCUT2D eigenvalue weighted by atomic mass is 32.2. The molecule has 2 N–H and O–H groups in total. The first-order chi connectivity index (χ1) is 9.26. The molecule has 0 amide bonds. The molecule has 2 aliphatic rings. The van der Waals surface area contributed by atoms with Gasteiger partial charge in [-0.1, -0.05) is 6.07 Å². The van der Waals surface area contributed by atoms with Crippen LogP contribution in [0.15, 0.2) is 29.2 Å². The van der Waals surface area contributed by atoms with E-state index >= 15 is 0 Å². The van der Waals surface area contributed by atoms with Gasteiger partial charge in [0, 0.05) is 35.7 Å². The van der Waals surface area contributed by atoms with Crippen LogP contribution in [-0.2, 0) is 9.47 Å². The summed E-state index contributed by atoms with van der Waals surface area (Å²) in [7, 11) is 0. The van der Waals surface area contributed by atoms with Crippen LogP contribution in [0, 0.1) is 0 Å². The molecule has 1 atom stereocenters. The number of nitrogen functional groups attached to an aromatic ring is 1. The van der Waals surface area contributed by atoms with E-state index in [1.165, 1.54) is 4.90 Å². The standard InChI is InChI=1S/C15H21NO2S/c16-12-2-1-3-13(10-12)19-14-4-7-18-15(11-14)5-8-17-9-6-15/h1-3,10,14H,4-9,11,16H2. The zero-order valence-corrected chi connectivity index (χ0v) is 12.0. The molecule has 0 aromatic heterocycles. The van der Waals surface area contributed by atoms with Crippen molar-refractivity contribution in [2.75, 3.05) is 25.6 Å². The van der Waals surface area contributed by atoms with E-state index < -0.39 is 0 Å². The summed E-state index contributed by atoms with van der Waals surface area (Å²) >= 11 is 1.95. The zero-order valence-electron chi connectivity index (χ0n) is 11.1. The van der Waals surface area contributed by atoms with E-state index in [2.05, 4.69) is 12.1 Å². The van der Waals surface area contributed by atoms with Gasteiger partial charge in [-0.25, -0.2) is 0 Å². The van der Waals surface area contributed by atoms with E-state index in [0.29, 0.717) is 5.25 Å². The predicted molar refractivity (Wildman–Crippen MR) is 78.5 cm³/mol. The van der Waals surface area contributed by atoms with E-state index in [-0.39, 0.29) is 5.60 Å². The Labute approximate surface area is 118 Å². The number of rotatable bonds is 2. The number of nitrogens with two attached hydrogens (primary N) is 1. The van der Waals surface area contributed by atoms with Gasteiger partial charge in [0.05, 0.1) is 5.60 Å². The maximum atomic E-state index is 6.08. The first-order valence-corrected chi connectivity index (χ1v) is 7.88. The fourth-order valence-electron chi connectivity index (χ4n) is 2.96. The quantitative estimate of drug-likeness (QED) is 0.845. The zero-order chi connectivity index (χ0) is 13.1. The lowest BCUT2D eigenvalue weighted by molar-refractivity contribution is -0.131. The maximum Gasteiger partial charge on any atom is 0.0737 e. The van der Waals surface area contributed by atoms with Crippen LogP contribution < -0.4 is 5.73 Å². The molecule has 19 heavy (non-hydrogen) atoms. The fraction of sp³-hybridized carbons (Fsp3) is 0.600. The molecule has 4 heteroatoms. The van der Waals surface area contributed by atoms with Crippen LogP contribution in [0.3, 0.4) is 0 Å². The summed E-state index contributed by atoms with van der Waals surface area (Å²) in [6.45, 7) is 2.56. The molecule has 1 spiro atoms. The van der Waals surface area contributed by atoms with Crippen molar-refractivity contribution >= 4 is 17.4 Å². The predicted octanol–water partition coefficient (Wildman–Crippen LogP) is 3.09.